The molecule has 5 nitrogen and oxygen atoms in total. The van der Waals surface area contributed by atoms with Gasteiger partial charge in [-0.3, -0.25) is 4.79 Å². The van der Waals surface area contributed by atoms with E-state index < -0.39 is 11.9 Å². The summed E-state index contributed by atoms with van der Waals surface area (Å²) in [6, 6.07) is 9.19. The Bertz CT molecular complexity index is 728. The van der Waals surface area contributed by atoms with E-state index in [0.29, 0.717) is 10.6 Å². The summed E-state index contributed by atoms with van der Waals surface area (Å²) in [6.07, 6.45) is 0. The maximum atomic E-state index is 12.1. The Morgan fingerprint density at radius 1 is 1.14 bits per heavy atom. The van der Waals surface area contributed by atoms with Gasteiger partial charge in [-0.05, 0) is 36.8 Å². The van der Waals surface area contributed by atoms with Gasteiger partial charge in [0.15, 0.2) is 0 Å². The van der Waals surface area contributed by atoms with Crippen LogP contribution in [0.25, 0.3) is 0 Å². The molecule has 1 amide bonds. The molecule has 2 rings (SSSR count). The molecule has 2 aromatic rings. The van der Waals surface area contributed by atoms with Crippen molar-refractivity contribution in [2.24, 2.45) is 0 Å². The minimum Gasteiger partial charge on any atom is -0.507 e. The molecular formula is C15H12ClNO4. The normalized spacial score (nSPS) is 10.2. The molecule has 0 heterocycles. The van der Waals surface area contributed by atoms with Crippen LogP contribution < -0.4 is 5.32 Å². The zero-order valence-corrected chi connectivity index (χ0v) is 11.8. The highest BCUT2D eigenvalue weighted by Crippen LogP contribution is 2.27. The predicted molar refractivity (Wildman–Crippen MR) is 79.2 cm³/mol. The number of aryl methyl sites for hydroxylation is 1. The third kappa shape index (κ3) is 3.14. The van der Waals surface area contributed by atoms with Crippen molar-refractivity contribution in [3.8, 4) is 5.75 Å². The van der Waals surface area contributed by atoms with Gasteiger partial charge in [0, 0.05) is 5.69 Å². The molecule has 3 N–H and O–H groups in total. The zero-order valence-electron chi connectivity index (χ0n) is 11.1. The van der Waals surface area contributed by atoms with Crippen molar-refractivity contribution < 1.29 is 19.8 Å². The van der Waals surface area contributed by atoms with E-state index in [9.17, 15) is 14.7 Å². The lowest BCUT2D eigenvalue weighted by Crippen LogP contribution is -2.13. The van der Waals surface area contributed by atoms with Crippen molar-refractivity contribution in [1.82, 2.24) is 0 Å². The van der Waals surface area contributed by atoms with Crippen LogP contribution in [0.4, 0.5) is 5.69 Å². The first-order valence-electron chi connectivity index (χ1n) is 6.03. The van der Waals surface area contributed by atoms with Crippen LogP contribution in [-0.2, 0) is 0 Å². The zero-order chi connectivity index (χ0) is 15.6. The Hall–Kier alpha value is -2.53. The molecule has 0 aromatic heterocycles. The van der Waals surface area contributed by atoms with Gasteiger partial charge >= 0.3 is 5.97 Å². The van der Waals surface area contributed by atoms with Gasteiger partial charge in [0.1, 0.15) is 11.3 Å². The van der Waals surface area contributed by atoms with Crippen LogP contribution in [0, 0.1) is 6.92 Å². The molecule has 0 aliphatic heterocycles. The number of amides is 1. The topological polar surface area (TPSA) is 86.6 Å². The van der Waals surface area contributed by atoms with E-state index in [-0.39, 0.29) is 22.6 Å². The number of aromatic carboxylic acids is 1. The van der Waals surface area contributed by atoms with E-state index in [4.69, 9.17) is 16.7 Å². The second-order valence-electron chi connectivity index (χ2n) is 4.43. The molecule has 0 saturated heterocycles. The Balaban J connectivity index is 2.34. The molecule has 108 valence electrons. The number of phenols is 1. The summed E-state index contributed by atoms with van der Waals surface area (Å²) in [5.41, 5.74) is 0.628. The molecule has 0 unspecified atom stereocenters. The largest absolute Gasteiger partial charge is 0.507 e. The lowest BCUT2D eigenvalue weighted by atomic mass is 10.1. The van der Waals surface area contributed by atoms with Gasteiger partial charge in [-0.15, -0.1) is 0 Å². The molecule has 0 saturated carbocycles. The summed E-state index contributed by atoms with van der Waals surface area (Å²) in [5, 5.41) is 21.5. The lowest BCUT2D eigenvalue weighted by Gasteiger charge is -2.10. The number of halogens is 1. The molecule has 0 fully saturated rings. The maximum absolute atomic E-state index is 12.1. The van der Waals surface area contributed by atoms with Gasteiger partial charge in [0.25, 0.3) is 5.91 Å². The number of carboxylic acid groups (broad SMARTS) is 1. The third-order valence-corrected chi connectivity index (χ3v) is 3.24. The number of aromatic hydroxyl groups is 1. The number of carbonyl (C=O) groups excluding carboxylic acids is 1. The molecular weight excluding hydrogens is 294 g/mol. The van der Waals surface area contributed by atoms with Crippen molar-refractivity contribution in [2.75, 3.05) is 5.32 Å². The van der Waals surface area contributed by atoms with E-state index in [2.05, 4.69) is 5.32 Å². The summed E-state index contributed by atoms with van der Waals surface area (Å²) < 4.78 is 0. The molecule has 0 aliphatic rings. The maximum Gasteiger partial charge on any atom is 0.339 e. The Kier molecular flexibility index (Phi) is 4.14. The minimum absolute atomic E-state index is 0.271. The molecule has 2 aromatic carbocycles. The average molecular weight is 306 g/mol. The van der Waals surface area contributed by atoms with Crippen molar-refractivity contribution in [2.45, 2.75) is 6.92 Å². The van der Waals surface area contributed by atoms with Crippen molar-refractivity contribution in [3.05, 3.63) is 58.1 Å². The van der Waals surface area contributed by atoms with Gasteiger partial charge < -0.3 is 15.5 Å². The van der Waals surface area contributed by atoms with Crippen LogP contribution in [0.1, 0.15) is 26.3 Å². The van der Waals surface area contributed by atoms with E-state index >= 15 is 0 Å². The Labute approximate surface area is 125 Å². The second kappa shape index (κ2) is 5.85. The van der Waals surface area contributed by atoms with Crippen molar-refractivity contribution in [1.29, 1.82) is 0 Å². The molecule has 0 bridgehead atoms. The van der Waals surface area contributed by atoms with Crippen LogP contribution in [0.3, 0.4) is 0 Å². The smallest absolute Gasteiger partial charge is 0.339 e. The first-order valence-corrected chi connectivity index (χ1v) is 6.40. The standard InChI is InChI=1S/C15H12ClNO4/c1-8-6-9(7-11(13(8)18)15(20)21)17-14(19)10-4-2-3-5-12(10)16/h2-7,18H,1H3,(H,17,19)(H,20,21). The molecule has 0 radical (unpaired) electrons. The van der Waals surface area contributed by atoms with E-state index in [1.807, 2.05) is 0 Å². The summed E-state index contributed by atoms with van der Waals surface area (Å²) in [4.78, 5) is 23.1. The number of anilines is 1. The highest BCUT2D eigenvalue weighted by atomic mass is 35.5. The monoisotopic (exact) mass is 305 g/mol. The first-order chi connectivity index (χ1) is 9.90. The quantitative estimate of drug-likeness (QED) is 0.759. The predicted octanol–water partition coefficient (Wildman–Crippen LogP) is 3.30. The molecule has 0 spiro atoms. The molecule has 0 aliphatic carbocycles. The van der Waals surface area contributed by atoms with Crippen LogP contribution in [-0.4, -0.2) is 22.1 Å². The van der Waals surface area contributed by atoms with Gasteiger partial charge in [-0.25, -0.2) is 4.79 Å². The van der Waals surface area contributed by atoms with Crippen LogP contribution in [0.15, 0.2) is 36.4 Å². The number of rotatable bonds is 3. The third-order valence-electron chi connectivity index (χ3n) is 2.91. The van der Waals surface area contributed by atoms with Gasteiger partial charge in [-0.1, -0.05) is 23.7 Å². The number of carbonyl (C=O) groups is 2. The van der Waals surface area contributed by atoms with Crippen LogP contribution >= 0.6 is 11.6 Å². The Morgan fingerprint density at radius 3 is 2.43 bits per heavy atom. The Morgan fingerprint density at radius 2 is 1.81 bits per heavy atom. The van der Waals surface area contributed by atoms with Crippen LogP contribution in [0.5, 0.6) is 5.75 Å². The fraction of sp³-hybridized carbons (Fsp3) is 0.0667. The van der Waals surface area contributed by atoms with E-state index in [1.165, 1.54) is 12.1 Å². The molecule has 21 heavy (non-hydrogen) atoms. The summed E-state index contributed by atoms with van der Waals surface area (Å²) in [6.45, 7) is 1.55. The van der Waals surface area contributed by atoms with Crippen molar-refractivity contribution >= 4 is 29.2 Å². The highest BCUT2D eigenvalue weighted by molar-refractivity contribution is 6.34. The van der Waals surface area contributed by atoms with E-state index in [0.717, 1.165) is 0 Å². The van der Waals surface area contributed by atoms with Crippen LogP contribution in [0.2, 0.25) is 5.02 Å². The average Bonchev–Trinajstić information content (AvgIpc) is 2.42. The number of nitrogens with one attached hydrogen (secondary N) is 1. The number of hydrogen-bond donors (Lipinski definition) is 3. The lowest BCUT2D eigenvalue weighted by molar-refractivity contribution is 0.0693. The SMILES string of the molecule is Cc1cc(NC(=O)c2ccccc2Cl)cc(C(=O)O)c1O. The number of benzene rings is 2. The van der Waals surface area contributed by atoms with Gasteiger partial charge in [0.2, 0.25) is 0 Å². The van der Waals surface area contributed by atoms with E-state index in [1.54, 1.807) is 31.2 Å². The second-order valence-corrected chi connectivity index (χ2v) is 4.84. The highest BCUT2D eigenvalue weighted by Gasteiger charge is 2.16. The number of hydrogen-bond acceptors (Lipinski definition) is 3. The summed E-state index contributed by atoms with van der Waals surface area (Å²) >= 11 is 5.93. The van der Waals surface area contributed by atoms with Gasteiger partial charge in [-0.2, -0.15) is 0 Å². The molecule has 6 heteroatoms. The summed E-state index contributed by atoms with van der Waals surface area (Å²) in [5.74, 6) is -2.05. The minimum atomic E-state index is -1.27. The first kappa shape index (κ1) is 14.9. The molecule has 0 atom stereocenters. The van der Waals surface area contributed by atoms with Gasteiger partial charge in [0.05, 0.1) is 10.6 Å². The number of carboxylic acids is 1. The fourth-order valence-electron chi connectivity index (χ4n) is 1.86. The fourth-order valence-corrected chi connectivity index (χ4v) is 2.08. The van der Waals surface area contributed by atoms with Crippen molar-refractivity contribution in [3.63, 3.8) is 0 Å². The summed E-state index contributed by atoms with van der Waals surface area (Å²) in [7, 11) is 0.